The average Bonchev–Trinajstić information content (AvgIpc) is 2.89. The molecule has 0 radical (unpaired) electrons. The maximum atomic E-state index is 12.9. The van der Waals surface area contributed by atoms with E-state index in [0.29, 0.717) is 19.6 Å². The molecule has 1 N–H and O–H groups in total. The van der Waals surface area contributed by atoms with Crippen LogP contribution in [0.2, 0.25) is 0 Å². The Balaban J connectivity index is 2.23. The van der Waals surface area contributed by atoms with Crippen molar-refractivity contribution in [1.29, 1.82) is 0 Å². The molecule has 1 heterocycles. The first-order valence-electron chi connectivity index (χ1n) is 7.78. The van der Waals surface area contributed by atoms with Crippen LogP contribution in [-0.4, -0.2) is 47.6 Å². The molecule has 1 saturated heterocycles. The van der Waals surface area contributed by atoms with Gasteiger partial charge < -0.3 is 15.0 Å². The molecule has 1 spiro atoms. The lowest BCUT2D eigenvalue weighted by atomic mass is 9.89. The number of nitrogens with zero attached hydrogens (tertiary/aromatic N) is 1. The Bertz CT molecular complexity index is 377. The average molecular weight is 282 g/mol. The molecule has 20 heavy (non-hydrogen) atoms. The molecule has 0 aromatic rings. The summed E-state index contributed by atoms with van der Waals surface area (Å²) in [7, 11) is 0. The van der Waals surface area contributed by atoms with Gasteiger partial charge in [-0.05, 0) is 33.1 Å². The molecule has 2 aliphatic rings. The fourth-order valence-electron chi connectivity index (χ4n) is 3.46. The molecule has 5 heteroatoms. The van der Waals surface area contributed by atoms with E-state index < -0.39 is 5.54 Å². The monoisotopic (exact) mass is 282 g/mol. The van der Waals surface area contributed by atoms with Crippen molar-refractivity contribution in [3.63, 3.8) is 0 Å². The van der Waals surface area contributed by atoms with E-state index in [1.165, 1.54) is 0 Å². The van der Waals surface area contributed by atoms with Crippen LogP contribution in [-0.2, 0) is 14.3 Å². The molecule has 0 aromatic heterocycles. The zero-order valence-corrected chi connectivity index (χ0v) is 12.8. The zero-order chi connectivity index (χ0) is 14.8. The summed E-state index contributed by atoms with van der Waals surface area (Å²) >= 11 is 0. The van der Waals surface area contributed by atoms with Gasteiger partial charge >= 0.3 is 0 Å². The van der Waals surface area contributed by atoms with Crippen molar-refractivity contribution < 1.29 is 14.3 Å². The van der Waals surface area contributed by atoms with Gasteiger partial charge in [0.1, 0.15) is 11.6 Å². The normalized spacial score (nSPS) is 26.9. The molecule has 2 unspecified atom stereocenters. The molecule has 1 aliphatic carbocycles. The van der Waals surface area contributed by atoms with Gasteiger partial charge in [-0.25, -0.2) is 0 Å². The molecule has 0 bridgehead atoms. The fraction of sp³-hybridized carbons (Fsp3) is 0.867. The second-order valence-corrected chi connectivity index (χ2v) is 5.92. The van der Waals surface area contributed by atoms with Gasteiger partial charge in [0.05, 0.1) is 12.6 Å². The van der Waals surface area contributed by atoms with Crippen LogP contribution < -0.4 is 5.32 Å². The standard InChI is InChI=1S/C15H26N2O3/c1-4-12-13(18)16-15(8-6-7-9-15)14(19)17(12)11(3)10-20-5-2/h11-12H,4-10H2,1-3H3,(H,16,18). The van der Waals surface area contributed by atoms with Crippen molar-refractivity contribution in [1.82, 2.24) is 10.2 Å². The highest BCUT2D eigenvalue weighted by molar-refractivity contribution is 6.00. The van der Waals surface area contributed by atoms with E-state index in [4.69, 9.17) is 4.74 Å². The molecule has 1 aliphatic heterocycles. The smallest absolute Gasteiger partial charge is 0.249 e. The molecule has 2 rings (SSSR count). The Morgan fingerprint density at radius 2 is 2.00 bits per heavy atom. The van der Waals surface area contributed by atoms with Crippen LogP contribution in [0.25, 0.3) is 0 Å². The van der Waals surface area contributed by atoms with E-state index in [-0.39, 0.29) is 23.9 Å². The van der Waals surface area contributed by atoms with Crippen molar-refractivity contribution in [2.24, 2.45) is 0 Å². The summed E-state index contributed by atoms with van der Waals surface area (Å²) in [6.45, 7) is 6.97. The van der Waals surface area contributed by atoms with Crippen LogP contribution >= 0.6 is 0 Å². The molecule has 2 amide bonds. The molecule has 5 nitrogen and oxygen atoms in total. The van der Waals surface area contributed by atoms with Crippen molar-refractivity contribution in [2.45, 2.75) is 70.5 Å². The number of carbonyl (C=O) groups is 2. The van der Waals surface area contributed by atoms with Gasteiger partial charge in [-0.2, -0.15) is 0 Å². The summed E-state index contributed by atoms with van der Waals surface area (Å²) in [6.07, 6.45) is 4.20. The molecule has 2 atom stereocenters. The Morgan fingerprint density at radius 1 is 1.35 bits per heavy atom. The first kappa shape index (κ1) is 15.3. The van der Waals surface area contributed by atoms with Gasteiger partial charge in [0, 0.05) is 6.61 Å². The van der Waals surface area contributed by atoms with Crippen LogP contribution in [0, 0.1) is 0 Å². The third-order valence-electron chi connectivity index (χ3n) is 4.53. The van der Waals surface area contributed by atoms with E-state index >= 15 is 0 Å². The lowest BCUT2D eigenvalue weighted by Gasteiger charge is -2.46. The number of ether oxygens (including phenoxy) is 1. The molecule has 2 fully saturated rings. The number of hydrogen-bond donors (Lipinski definition) is 1. The minimum atomic E-state index is -0.636. The Morgan fingerprint density at radius 3 is 2.55 bits per heavy atom. The largest absolute Gasteiger partial charge is 0.380 e. The number of amides is 2. The molecule has 1 saturated carbocycles. The van der Waals surface area contributed by atoms with Crippen LogP contribution in [0.1, 0.15) is 52.9 Å². The van der Waals surface area contributed by atoms with E-state index in [2.05, 4.69) is 5.32 Å². The topological polar surface area (TPSA) is 58.6 Å². The summed E-state index contributed by atoms with van der Waals surface area (Å²) in [6, 6.07) is -0.417. The fourth-order valence-corrected chi connectivity index (χ4v) is 3.46. The van der Waals surface area contributed by atoms with Gasteiger partial charge in [-0.1, -0.05) is 19.8 Å². The van der Waals surface area contributed by atoms with Crippen molar-refractivity contribution >= 4 is 11.8 Å². The third-order valence-corrected chi connectivity index (χ3v) is 4.53. The van der Waals surface area contributed by atoms with E-state index in [9.17, 15) is 9.59 Å². The Hall–Kier alpha value is -1.10. The minimum Gasteiger partial charge on any atom is -0.380 e. The van der Waals surface area contributed by atoms with Gasteiger partial charge in [-0.15, -0.1) is 0 Å². The third kappa shape index (κ3) is 2.55. The summed E-state index contributed by atoms with van der Waals surface area (Å²) in [4.78, 5) is 27.1. The van der Waals surface area contributed by atoms with Crippen LogP contribution in [0.4, 0.5) is 0 Å². The SMILES string of the molecule is CCOCC(C)N1C(=O)C2(CCCC2)NC(=O)C1CC. The molecular weight excluding hydrogens is 256 g/mol. The highest BCUT2D eigenvalue weighted by atomic mass is 16.5. The first-order chi connectivity index (χ1) is 9.55. The first-order valence-corrected chi connectivity index (χ1v) is 7.78. The predicted octanol–water partition coefficient (Wildman–Crippen LogP) is 1.46. The lowest BCUT2D eigenvalue weighted by molar-refractivity contribution is -0.159. The second kappa shape index (κ2) is 6.12. The Kier molecular flexibility index (Phi) is 4.68. The maximum absolute atomic E-state index is 12.9. The maximum Gasteiger partial charge on any atom is 0.249 e. The summed E-state index contributed by atoms with van der Waals surface area (Å²) in [5.74, 6) is 0.0889. The van der Waals surface area contributed by atoms with Gasteiger partial charge in [-0.3, -0.25) is 9.59 Å². The van der Waals surface area contributed by atoms with E-state index in [1.54, 1.807) is 4.90 Å². The van der Waals surface area contributed by atoms with Crippen LogP contribution in [0.5, 0.6) is 0 Å². The summed E-state index contributed by atoms with van der Waals surface area (Å²) < 4.78 is 5.45. The molecule has 0 aromatic carbocycles. The highest BCUT2D eigenvalue weighted by Crippen LogP contribution is 2.35. The van der Waals surface area contributed by atoms with Gasteiger partial charge in [0.2, 0.25) is 11.8 Å². The van der Waals surface area contributed by atoms with Crippen molar-refractivity contribution in [3.8, 4) is 0 Å². The molecular formula is C15H26N2O3. The minimum absolute atomic E-state index is 0.00246. The number of nitrogens with one attached hydrogen (secondary N) is 1. The number of piperazine rings is 1. The Labute approximate surface area is 121 Å². The summed E-state index contributed by atoms with van der Waals surface area (Å²) in [5, 5.41) is 3.01. The van der Waals surface area contributed by atoms with Crippen molar-refractivity contribution in [3.05, 3.63) is 0 Å². The summed E-state index contributed by atoms with van der Waals surface area (Å²) in [5.41, 5.74) is -0.636. The predicted molar refractivity (Wildman–Crippen MR) is 76.2 cm³/mol. The van der Waals surface area contributed by atoms with Crippen molar-refractivity contribution in [2.75, 3.05) is 13.2 Å². The number of carbonyl (C=O) groups excluding carboxylic acids is 2. The number of hydrogen-bond acceptors (Lipinski definition) is 3. The van der Waals surface area contributed by atoms with Crippen LogP contribution in [0.3, 0.4) is 0 Å². The second-order valence-electron chi connectivity index (χ2n) is 5.92. The van der Waals surface area contributed by atoms with Gasteiger partial charge in [0.25, 0.3) is 0 Å². The van der Waals surface area contributed by atoms with E-state index in [0.717, 1.165) is 25.7 Å². The number of rotatable bonds is 5. The lowest BCUT2D eigenvalue weighted by Crippen LogP contribution is -2.71. The highest BCUT2D eigenvalue weighted by Gasteiger charge is 2.52. The molecule has 114 valence electrons. The zero-order valence-electron chi connectivity index (χ0n) is 12.8. The van der Waals surface area contributed by atoms with Crippen LogP contribution in [0.15, 0.2) is 0 Å². The van der Waals surface area contributed by atoms with E-state index in [1.807, 2.05) is 20.8 Å². The van der Waals surface area contributed by atoms with Gasteiger partial charge in [0.15, 0.2) is 0 Å². The quantitative estimate of drug-likeness (QED) is 0.830.